The summed E-state index contributed by atoms with van der Waals surface area (Å²) in [5, 5.41) is 3.35. The van der Waals surface area contributed by atoms with Gasteiger partial charge in [-0.05, 0) is 47.4 Å². The van der Waals surface area contributed by atoms with Gasteiger partial charge in [-0.25, -0.2) is 0 Å². The molecule has 1 aromatic heterocycles. The van der Waals surface area contributed by atoms with E-state index in [0.29, 0.717) is 0 Å². The SMILES string of the molecule is CCC(N)Cc1cc2sccc2cc1OC. The summed E-state index contributed by atoms with van der Waals surface area (Å²) >= 11 is 1.76. The van der Waals surface area contributed by atoms with E-state index in [9.17, 15) is 0 Å². The van der Waals surface area contributed by atoms with Gasteiger partial charge >= 0.3 is 0 Å². The topological polar surface area (TPSA) is 35.2 Å². The minimum absolute atomic E-state index is 0.214. The normalized spacial score (nSPS) is 12.9. The molecule has 3 heteroatoms. The van der Waals surface area contributed by atoms with E-state index in [2.05, 4.69) is 30.5 Å². The van der Waals surface area contributed by atoms with Crippen LogP contribution in [0.15, 0.2) is 23.6 Å². The van der Waals surface area contributed by atoms with Crippen LogP contribution in [0.2, 0.25) is 0 Å². The van der Waals surface area contributed by atoms with Crippen molar-refractivity contribution in [2.45, 2.75) is 25.8 Å². The van der Waals surface area contributed by atoms with Crippen molar-refractivity contribution in [3.63, 3.8) is 0 Å². The predicted octanol–water partition coefficient (Wildman–Crippen LogP) is 3.19. The molecule has 2 N–H and O–H groups in total. The van der Waals surface area contributed by atoms with Gasteiger partial charge < -0.3 is 10.5 Å². The van der Waals surface area contributed by atoms with Gasteiger partial charge in [-0.3, -0.25) is 0 Å². The molecular weight excluding hydrogens is 218 g/mol. The fraction of sp³-hybridized carbons (Fsp3) is 0.385. The monoisotopic (exact) mass is 235 g/mol. The summed E-state index contributed by atoms with van der Waals surface area (Å²) in [6.45, 7) is 2.11. The van der Waals surface area contributed by atoms with E-state index in [0.717, 1.165) is 18.6 Å². The predicted molar refractivity (Wildman–Crippen MR) is 70.3 cm³/mol. The summed E-state index contributed by atoms with van der Waals surface area (Å²) in [5.74, 6) is 0.954. The summed E-state index contributed by atoms with van der Waals surface area (Å²) in [6, 6.07) is 6.63. The maximum absolute atomic E-state index is 6.00. The molecule has 0 bridgehead atoms. The van der Waals surface area contributed by atoms with E-state index in [1.54, 1.807) is 18.4 Å². The highest BCUT2D eigenvalue weighted by atomic mass is 32.1. The van der Waals surface area contributed by atoms with E-state index in [4.69, 9.17) is 10.5 Å². The zero-order valence-electron chi connectivity index (χ0n) is 9.69. The second-order valence-corrected chi connectivity index (χ2v) is 4.94. The van der Waals surface area contributed by atoms with Gasteiger partial charge in [-0.1, -0.05) is 6.92 Å². The van der Waals surface area contributed by atoms with E-state index >= 15 is 0 Å². The smallest absolute Gasteiger partial charge is 0.122 e. The second kappa shape index (κ2) is 4.85. The van der Waals surface area contributed by atoms with Gasteiger partial charge in [0.1, 0.15) is 5.75 Å². The molecule has 2 nitrogen and oxygen atoms in total. The molecule has 0 fully saturated rings. The lowest BCUT2D eigenvalue weighted by Crippen LogP contribution is -2.21. The molecule has 1 heterocycles. The number of hydrogen-bond acceptors (Lipinski definition) is 3. The molecule has 16 heavy (non-hydrogen) atoms. The van der Waals surface area contributed by atoms with E-state index < -0.39 is 0 Å². The maximum atomic E-state index is 6.00. The zero-order valence-corrected chi connectivity index (χ0v) is 10.5. The lowest BCUT2D eigenvalue weighted by Gasteiger charge is -2.12. The molecule has 0 saturated carbocycles. The van der Waals surface area contributed by atoms with E-state index in [1.807, 2.05) is 0 Å². The Morgan fingerprint density at radius 3 is 2.94 bits per heavy atom. The number of nitrogens with two attached hydrogens (primary N) is 1. The summed E-state index contributed by atoms with van der Waals surface area (Å²) in [7, 11) is 1.72. The van der Waals surface area contributed by atoms with Gasteiger partial charge in [-0.15, -0.1) is 11.3 Å². The third-order valence-electron chi connectivity index (χ3n) is 2.86. The van der Waals surface area contributed by atoms with Crippen LogP contribution in [0.3, 0.4) is 0 Å². The van der Waals surface area contributed by atoms with Gasteiger partial charge in [0.25, 0.3) is 0 Å². The van der Waals surface area contributed by atoms with Crippen LogP contribution in [0.1, 0.15) is 18.9 Å². The Labute approximate surface area is 100 Å². The highest BCUT2D eigenvalue weighted by molar-refractivity contribution is 7.17. The number of hydrogen-bond donors (Lipinski definition) is 1. The van der Waals surface area contributed by atoms with Gasteiger partial charge in [0.2, 0.25) is 0 Å². The lowest BCUT2D eigenvalue weighted by molar-refractivity contribution is 0.408. The maximum Gasteiger partial charge on any atom is 0.122 e. The number of fused-ring (bicyclic) bond motifs is 1. The fourth-order valence-corrected chi connectivity index (χ4v) is 2.64. The standard InChI is InChI=1S/C13H17NOS/c1-3-11(14)6-10-8-13-9(4-5-16-13)7-12(10)15-2/h4-5,7-8,11H,3,6,14H2,1-2H3. The lowest BCUT2D eigenvalue weighted by atomic mass is 10.0. The van der Waals surface area contributed by atoms with Crippen LogP contribution in [0.4, 0.5) is 0 Å². The molecule has 2 aromatic rings. The number of rotatable bonds is 4. The Kier molecular flexibility index (Phi) is 3.46. The number of ether oxygens (including phenoxy) is 1. The molecule has 0 aliphatic rings. The van der Waals surface area contributed by atoms with Gasteiger partial charge in [0.15, 0.2) is 0 Å². The molecular formula is C13H17NOS. The van der Waals surface area contributed by atoms with Crippen molar-refractivity contribution in [3.8, 4) is 5.75 Å². The molecule has 86 valence electrons. The molecule has 0 aliphatic carbocycles. The van der Waals surface area contributed by atoms with Gasteiger partial charge in [0.05, 0.1) is 7.11 Å². The van der Waals surface area contributed by atoms with Crippen LogP contribution in [-0.2, 0) is 6.42 Å². The van der Waals surface area contributed by atoms with Crippen LogP contribution in [0, 0.1) is 0 Å². The molecule has 0 amide bonds. The molecule has 0 spiro atoms. The zero-order chi connectivity index (χ0) is 11.5. The number of thiophene rings is 1. The first-order valence-corrected chi connectivity index (χ1v) is 6.42. The number of benzene rings is 1. The van der Waals surface area contributed by atoms with Crippen molar-refractivity contribution in [2.24, 2.45) is 5.73 Å². The molecule has 0 radical (unpaired) electrons. The highest BCUT2D eigenvalue weighted by Gasteiger charge is 2.09. The van der Waals surface area contributed by atoms with Crippen molar-refractivity contribution in [1.82, 2.24) is 0 Å². The van der Waals surface area contributed by atoms with E-state index in [1.165, 1.54) is 15.6 Å². The highest BCUT2D eigenvalue weighted by Crippen LogP contribution is 2.30. The van der Waals surface area contributed by atoms with Crippen LogP contribution in [0.25, 0.3) is 10.1 Å². The van der Waals surface area contributed by atoms with Crippen molar-refractivity contribution in [1.29, 1.82) is 0 Å². The van der Waals surface area contributed by atoms with Crippen LogP contribution >= 0.6 is 11.3 Å². The average molecular weight is 235 g/mol. The van der Waals surface area contributed by atoms with Gasteiger partial charge in [-0.2, -0.15) is 0 Å². The number of methoxy groups -OCH3 is 1. The Morgan fingerprint density at radius 1 is 1.44 bits per heavy atom. The largest absolute Gasteiger partial charge is 0.496 e. The van der Waals surface area contributed by atoms with Gasteiger partial charge in [0, 0.05) is 10.7 Å². The van der Waals surface area contributed by atoms with Crippen molar-refractivity contribution in [2.75, 3.05) is 7.11 Å². The Hall–Kier alpha value is -1.06. The third-order valence-corrected chi connectivity index (χ3v) is 3.74. The quantitative estimate of drug-likeness (QED) is 0.883. The Morgan fingerprint density at radius 2 is 2.25 bits per heavy atom. The summed E-state index contributed by atoms with van der Waals surface area (Å²) in [6.07, 6.45) is 1.87. The summed E-state index contributed by atoms with van der Waals surface area (Å²) in [5.41, 5.74) is 7.21. The first kappa shape index (κ1) is 11.4. The van der Waals surface area contributed by atoms with Crippen LogP contribution in [0.5, 0.6) is 5.75 Å². The fourth-order valence-electron chi connectivity index (χ4n) is 1.81. The molecule has 1 unspecified atom stereocenters. The first-order valence-electron chi connectivity index (χ1n) is 5.54. The molecule has 1 atom stereocenters. The molecule has 2 rings (SSSR count). The first-order chi connectivity index (χ1) is 7.74. The van der Waals surface area contributed by atoms with E-state index in [-0.39, 0.29) is 6.04 Å². The summed E-state index contributed by atoms with van der Waals surface area (Å²) in [4.78, 5) is 0. The average Bonchev–Trinajstić information content (AvgIpc) is 2.74. The summed E-state index contributed by atoms with van der Waals surface area (Å²) < 4.78 is 6.72. The van der Waals surface area contributed by atoms with Crippen LogP contribution in [-0.4, -0.2) is 13.2 Å². The van der Waals surface area contributed by atoms with Crippen molar-refractivity contribution >= 4 is 21.4 Å². The minimum atomic E-state index is 0.214. The molecule has 0 saturated heterocycles. The third kappa shape index (κ3) is 2.20. The second-order valence-electron chi connectivity index (χ2n) is 3.99. The minimum Gasteiger partial charge on any atom is -0.496 e. The van der Waals surface area contributed by atoms with Crippen LogP contribution < -0.4 is 10.5 Å². The van der Waals surface area contributed by atoms with Crippen molar-refractivity contribution in [3.05, 3.63) is 29.1 Å². The Balaban J connectivity index is 2.40. The molecule has 1 aromatic carbocycles. The van der Waals surface area contributed by atoms with Crippen molar-refractivity contribution < 1.29 is 4.74 Å². The molecule has 0 aliphatic heterocycles. The Bertz CT molecular complexity index is 478.